The Morgan fingerprint density at radius 2 is 1.05 bits per heavy atom. The van der Waals surface area contributed by atoms with E-state index in [0.717, 1.165) is 37.3 Å². The van der Waals surface area contributed by atoms with Crippen molar-refractivity contribution < 1.29 is 4.74 Å². The van der Waals surface area contributed by atoms with Gasteiger partial charge in [-0.1, -0.05) is 37.1 Å². The highest BCUT2D eigenvalue weighted by Crippen LogP contribution is 2.32. The van der Waals surface area contributed by atoms with Gasteiger partial charge in [-0.3, -0.25) is 0 Å². The molecule has 2 atom stereocenters. The molecule has 0 spiro atoms. The van der Waals surface area contributed by atoms with Crippen LogP contribution >= 0.6 is 22.7 Å². The maximum Gasteiger partial charge on any atom is 0.100 e. The van der Waals surface area contributed by atoms with E-state index in [1.165, 1.54) is 84.1 Å². The molecule has 37 heavy (non-hydrogen) atoms. The van der Waals surface area contributed by atoms with Crippen molar-refractivity contribution in [2.75, 3.05) is 52.5 Å². The monoisotopic (exact) mass is 534 g/mol. The third-order valence-corrected chi connectivity index (χ3v) is 10.2. The van der Waals surface area contributed by atoms with Crippen LogP contribution in [0.5, 0.6) is 0 Å². The van der Waals surface area contributed by atoms with E-state index in [4.69, 9.17) is 14.7 Å². The highest BCUT2D eigenvalue weighted by molar-refractivity contribution is 7.19. The molecule has 2 fully saturated rings. The number of hydrogen-bond acceptors (Lipinski definition) is 7. The molecule has 0 amide bonds. The van der Waals surface area contributed by atoms with Gasteiger partial charge in [0, 0.05) is 24.9 Å². The minimum atomic E-state index is 0.307. The zero-order chi connectivity index (χ0) is 24.9. The lowest BCUT2D eigenvalue weighted by molar-refractivity contribution is 0.0794. The summed E-state index contributed by atoms with van der Waals surface area (Å²) < 4.78 is 9.17. The molecule has 6 rings (SSSR count). The number of aromatic nitrogens is 2. The normalized spacial score (nSPS) is 19.5. The van der Waals surface area contributed by atoms with Gasteiger partial charge in [-0.05, 0) is 76.1 Å². The summed E-state index contributed by atoms with van der Waals surface area (Å²) in [5.41, 5.74) is 2.23. The fourth-order valence-electron chi connectivity index (χ4n) is 5.79. The third-order valence-electron chi connectivity index (χ3n) is 7.81. The summed E-state index contributed by atoms with van der Waals surface area (Å²) in [6, 6.07) is 17.1. The Kier molecular flexibility index (Phi) is 8.44. The molecule has 0 aliphatic carbocycles. The predicted molar refractivity (Wildman–Crippen MR) is 156 cm³/mol. The lowest BCUT2D eigenvalue weighted by Crippen LogP contribution is -2.36. The number of fused-ring (bicyclic) bond motifs is 2. The number of piperidine rings is 2. The van der Waals surface area contributed by atoms with Crippen molar-refractivity contribution in [2.45, 2.75) is 50.4 Å². The molecule has 0 radical (unpaired) electrons. The first-order valence-electron chi connectivity index (χ1n) is 14.1. The molecule has 2 aliphatic rings. The van der Waals surface area contributed by atoms with Crippen molar-refractivity contribution >= 4 is 43.1 Å². The number of likely N-dealkylation sites (tertiary alicyclic amines) is 2. The van der Waals surface area contributed by atoms with Crippen molar-refractivity contribution in [1.82, 2.24) is 19.8 Å². The fraction of sp³-hybridized carbons (Fsp3) is 0.533. The Bertz CT molecular complexity index is 1110. The molecule has 2 saturated heterocycles. The van der Waals surface area contributed by atoms with Crippen molar-refractivity contribution in [1.29, 1.82) is 0 Å². The summed E-state index contributed by atoms with van der Waals surface area (Å²) in [4.78, 5) is 15.4. The van der Waals surface area contributed by atoms with E-state index in [9.17, 15) is 0 Å². The zero-order valence-electron chi connectivity index (χ0n) is 21.7. The molecule has 2 aromatic carbocycles. The average Bonchev–Trinajstić information content (AvgIpc) is 3.58. The van der Waals surface area contributed by atoms with Crippen molar-refractivity contribution in [3.05, 3.63) is 58.5 Å². The first kappa shape index (κ1) is 25.4. The van der Waals surface area contributed by atoms with Gasteiger partial charge < -0.3 is 14.5 Å². The molecule has 2 unspecified atom stereocenters. The van der Waals surface area contributed by atoms with Gasteiger partial charge in [0.25, 0.3) is 0 Å². The van der Waals surface area contributed by atoms with E-state index in [1.807, 2.05) is 22.7 Å². The number of benzene rings is 2. The Morgan fingerprint density at radius 3 is 1.49 bits per heavy atom. The van der Waals surface area contributed by atoms with Crippen LogP contribution in [0, 0.1) is 0 Å². The van der Waals surface area contributed by atoms with Gasteiger partial charge in [0.1, 0.15) is 10.0 Å². The maximum atomic E-state index is 6.62. The Balaban J connectivity index is 1.18. The number of thiazole rings is 2. The highest BCUT2D eigenvalue weighted by Gasteiger charge is 2.25. The second kappa shape index (κ2) is 12.3. The molecule has 4 heterocycles. The second-order valence-electron chi connectivity index (χ2n) is 10.7. The molecular weight excluding hydrogens is 496 g/mol. The van der Waals surface area contributed by atoms with Gasteiger partial charge in [0.05, 0.1) is 33.6 Å². The average molecular weight is 535 g/mol. The number of rotatable bonds is 10. The van der Waals surface area contributed by atoms with Crippen molar-refractivity contribution in [3.8, 4) is 0 Å². The molecule has 196 valence electrons. The standard InChI is InChI=1S/C30H38N4OS2/c1-7-15-33(16-8-1)19-23(29-31-25-11-3-5-13-27(25)36-29)21-35-22-24(20-34-17-9-2-10-18-34)30-32-26-12-4-6-14-28(26)37-30/h3-6,11-14,23-24H,1-2,7-10,15-22H2. The minimum Gasteiger partial charge on any atom is -0.380 e. The van der Waals surface area contributed by atoms with E-state index >= 15 is 0 Å². The first-order chi connectivity index (χ1) is 18.3. The van der Waals surface area contributed by atoms with Crippen LogP contribution in [0.3, 0.4) is 0 Å². The number of hydrogen-bond donors (Lipinski definition) is 0. The van der Waals surface area contributed by atoms with E-state index < -0.39 is 0 Å². The van der Waals surface area contributed by atoms with Crippen LogP contribution in [0.25, 0.3) is 20.4 Å². The van der Waals surface area contributed by atoms with Crippen LogP contribution in [0.15, 0.2) is 48.5 Å². The molecule has 4 aromatic rings. The van der Waals surface area contributed by atoms with E-state index in [0.29, 0.717) is 11.8 Å². The smallest absolute Gasteiger partial charge is 0.100 e. The van der Waals surface area contributed by atoms with Gasteiger partial charge >= 0.3 is 0 Å². The first-order valence-corrected chi connectivity index (χ1v) is 15.7. The van der Waals surface area contributed by atoms with Crippen LogP contribution in [0.4, 0.5) is 0 Å². The summed E-state index contributed by atoms with van der Waals surface area (Å²) in [7, 11) is 0. The van der Waals surface area contributed by atoms with Gasteiger partial charge in [0.15, 0.2) is 0 Å². The summed E-state index contributed by atoms with van der Waals surface area (Å²) in [6.07, 6.45) is 7.95. The summed E-state index contributed by atoms with van der Waals surface area (Å²) in [5, 5.41) is 2.44. The minimum absolute atomic E-state index is 0.307. The molecule has 0 N–H and O–H groups in total. The fourth-order valence-corrected chi connectivity index (χ4v) is 7.88. The zero-order valence-corrected chi connectivity index (χ0v) is 23.3. The lowest BCUT2D eigenvalue weighted by Gasteiger charge is -2.31. The second-order valence-corrected chi connectivity index (χ2v) is 12.8. The van der Waals surface area contributed by atoms with Gasteiger partial charge in [0.2, 0.25) is 0 Å². The number of para-hydroxylation sites is 2. The Morgan fingerprint density at radius 1 is 0.622 bits per heavy atom. The number of nitrogens with zero attached hydrogens (tertiary/aromatic N) is 4. The lowest BCUT2D eigenvalue weighted by atomic mass is 10.1. The maximum absolute atomic E-state index is 6.62. The molecule has 0 bridgehead atoms. The van der Waals surface area contributed by atoms with Crippen LogP contribution in [0.1, 0.15) is 60.4 Å². The van der Waals surface area contributed by atoms with E-state index in [-0.39, 0.29) is 0 Å². The van der Waals surface area contributed by atoms with Gasteiger partial charge in [-0.25, -0.2) is 9.97 Å². The molecule has 5 nitrogen and oxygen atoms in total. The quantitative estimate of drug-likeness (QED) is 0.225. The van der Waals surface area contributed by atoms with Gasteiger partial charge in [-0.15, -0.1) is 22.7 Å². The SMILES string of the molecule is c1ccc2sc(C(COCC(CN3CCCCC3)c3nc4ccccc4s3)CN3CCCCC3)nc2c1. The van der Waals surface area contributed by atoms with Crippen LogP contribution in [-0.2, 0) is 4.74 Å². The van der Waals surface area contributed by atoms with Crippen molar-refractivity contribution in [3.63, 3.8) is 0 Å². The molecule has 0 saturated carbocycles. The highest BCUT2D eigenvalue weighted by atomic mass is 32.1. The topological polar surface area (TPSA) is 41.5 Å². The Hall–Kier alpha value is -1.90. The van der Waals surface area contributed by atoms with E-state index in [2.05, 4.69) is 58.3 Å². The number of ether oxygens (including phenoxy) is 1. The van der Waals surface area contributed by atoms with Crippen molar-refractivity contribution in [2.24, 2.45) is 0 Å². The molecule has 2 aliphatic heterocycles. The molecular formula is C30H38N4OS2. The third kappa shape index (κ3) is 6.40. The van der Waals surface area contributed by atoms with Crippen LogP contribution < -0.4 is 0 Å². The summed E-state index contributed by atoms with van der Waals surface area (Å²) in [5.74, 6) is 0.614. The predicted octanol–water partition coefficient (Wildman–Crippen LogP) is 6.76. The van der Waals surface area contributed by atoms with Crippen LogP contribution in [-0.4, -0.2) is 72.3 Å². The molecule has 2 aromatic heterocycles. The largest absolute Gasteiger partial charge is 0.380 e. The van der Waals surface area contributed by atoms with E-state index in [1.54, 1.807) is 0 Å². The van der Waals surface area contributed by atoms with Crippen LogP contribution in [0.2, 0.25) is 0 Å². The molecule has 7 heteroatoms. The summed E-state index contributed by atoms with van der Waals surface area (Å²) >= 11 is 3.69. The van der Waals surface area contributed by atoms with Gasteiger partial charge in [-0.2, -0.15) is 0 Å². The Labute approximate surface area is 228 Å². The summed E-state index contributed by atoms with van der Waals surface area (Å²) in [6.45, 7) is 8.32.